The van der Waals surface area contributed by atoms with Gasteiger partial charge in [0.05, 0.1) is 30.0 Å². The second-order valence-electron chi connectivity index (χ2n) is 10.9. The number of alkyl halides is 1. The summed E-state index contributed by atoms with van der Waals surface area (Å²) in [6, 6.07) is 14.4. The van der Waals surface area contributed by atoms with E-state index in [9.17, 15) is 14.7 Å². The number of hydrogen-bond acceptors (Lipinski definition) is 7. The zero-order valence-electron chi connectivity index (χ0n) is 22.2. The highest BCUT2D eigenvalue weighted by Gasteiger charge is 2.53. The largest absolute Gasteiger partial charge is 0.390 e. The van der Waals surface area contributed by atoms with Gasteiger partial charge in [-0.15, -0.1) is 11.3 Å². The smallest absolute Gasteiger partial charge is 0.251 e. The Labute approximate surface area is 231 Å². The summed E-state index contributed by atoms with van der Waals surface area (Å²) < 4.78 is 20.9. The van der Waals surface area contributed by atoms with E-state index in [-0.39, 0.29) is 37.2 Å². The maximum Gasteiger partial charge on any atom is 0.251 e. The molecule has 3 aromatic rings. The Balaban J connectivity index is 1.16. The first-order valence-electron chi connectivity index (χ1n) is 13.1. The van der Waals surface area contributed by atoms with E-state index >= 15 is 4.39 Å². The number of carbonyl (C=O) groups excluding carboxylic acids is 2. The normalized spacial score (nSPS) is 26.5. The average Bonchev–Trinajstić information content (AvgIpc) is 3.34. The first-order chi connectivity index (χ1) is 18.5. The van der Waals surface area contributed by atoms with Gasteiger partial charge in [0.15, 0.2) is 5.13 Å². The Morgan fingerprint density at radius 1 is 1.15 bits per heavy atom. The lowest BCUT2D eigenvalue weighted by atomic mass is 9.66. The van der Waals surface area contributed by atoms with Crippen LogP contribution in [0.5, 0.6) is 0 Å². The molecule has 5 rings (SSSR count). The Hall–Kier alpha value is -3.34. The van der Waals surface area contributed by atoms with E-state index in [1.54, 1.807) is 25.1 Å². The summed E-state index contributed by atoms with van der Waals surface area (Å²) in [6.07, 6.45) is 0.283. The van der Waals surface area contributed by atoms with E-state index in [0.717, 1.165) is 30.0 Å². The van der Waals surface area contributed by atoms with Crippen molar-refractivity contribution in [1.82, 2.24) is 10.3 Å². The summed E-state index contributed by atoms with van der Waals surface area (Å²) >= 11 is 1.31. The first kappa shape index (κ1) is 27.2. The molecule has 0 radical (unpaired) electrons. The number of thiazole rings is 1. The predicted octanol–water partition coefficient (Wildman–Crippen LogP) is 4.50. The van der Waals surface area contributed by atoms with Crippen LogP contribution >= 0.6 is 11.3 Å². The molecule has 39 heavy (non-hydrogen) atoms. The van der Waals surface area contributed by atoms with Crippen molar-refractivity contribution in [2.24, 2.45) is 0 Å². The highest BCUT2D eigenvalue weighted by molar-refractivity contribution is 7.14. The van der Waals surface area contributed by atoms with E-state index in [2.05, 4.69) is 46.5 Å². The highest BCUT2D eigenvalue weighted by atomic mass is 32.1. The molecular weight excluding hydrogens is 519 g/mol. The highest BCUT2D eigenvalue weighted by Crippen LogP contribution is 2.51. The number of carbonyl (C=O) groups is 2. The number of hydrogen-bond donors (Lipinski definition) is 3. The van der Waals surface area contributed by atoms with Gasteiger partial charge in [0, 0.05) is 48.1 Å². The van der Waals surface area contributed by atoms with Crippen molar-refractivity contribution in [2.75, 3.05) is 29.9 Å². The molecule has 1 saturated carbocycles. The number of halogens is 1. The standard InChI is InChI=1S/C29H33FN4O4S/c1-18-13-34(14-19(2)38-18)23-9-5-6-20(11-23)24-15-39-27(32-24)33-25(35)12-31-26(36)21-7-4-8-22(10-21)29(30)16-28(3,37)17-29/h4-11,15,18-19,37H,12-14,16-17H2,1-3H3,(H,31,36)(H,32,33,35)/t18-,19+,28-,29+. The Morgan fingerprint density at radius 3 is 2.59 bits per heavy atom. The lowest BCUT2D eigenvalue weighted by molar-refractivity contribution is -0.133. The van der Waals surface area contributed by atoms with Gasteiger partial charge in [0.1, 0.15) is 5.67 Å². The summed E-state index contributed by atoms with van der Waals surface area (Å²) in [5.41, 5.74) is 0.709. The third-order valence-electron chi connectivity index (χ3n) is 7.05. The molecule has 10 heteroatoms. The zero-order chi connectivity index (χ0) is 27.8. The second kappa shape index (κ2) is 10.7. The molecule has 1 aliphatic heterocycles. The number of benzene rings is 2. The summed E-state index contributed by atoms with van der Waals surface area (Å²) in [5.74, 6) is -0.896. The number of amides is 2. The van der Waals surface area contributed by atoms with Gasteiger partial charge in [-0.05, 0) is 50.6 Å². The molecule has 206 valence electrons. The van der Waals surface area contributed by atoms with E-state index in [4.69, 9.17) is 4.74 Å². The number of ether oxygens (including phenoxy) is 1. The molecule has 8 nitrogen and oxygen atoms in total. The lowest BCUT2D eigenvalue weighted by Gasteiger charge is -2.46. The van der Waals surface area contributed by atoms with E-state index in [0.29, 0.717) is 10.7 Å². The number of nitrogens with zero attached hydrogens (tertiary/aromatic N) is 2. The number of nitrogens with one attached hydrogen (secondary N) is 2. The van der Waals surface area contributed by atoms with Crippen molar-refractivity contribution in [2.45, 2.75) is 57.1 Å². The maximum absolute atomic E-state index is 15.0. The topological polar surface area (TPSA) is 104 Å². The number of anilines is 2. The van der Waals surface area contributed by atoms with Gasteiger partial charge in [0.2, 0.25) is 5.91 Å². The summed E-state index contributed by atoms with van der Waals surface area (Å²) in [4.78, 5) is 32.0. The Kier molecular flexibility index (Phi) is 7.45. The molecule has 0 unspecified atom stereocenters. The van der Waals surface area contributed by atoms with Crippen LogP contribution in [0.2, 0.25) is 0 Å². The van der Waals surface area contributed by atoms with Gasteiger partial charge in [-0.2, -0.15) is 0 Å². The Morgan fingerprint density at radius 2 is 1.87 bits per heavy atom. The van der Waals surface area contributed by atoms with Crippen molar-refractivity contribution in [3.63, 3.8) is 0 Å². The molecule has 2 heterocycles. The van der Waals surface area contributed by atoms with Gasteiger partial charge in [-0.3, -0.25) is 9.59 Å². The minimum atomic E-state index is -1.65. The zero-order valence-corrected chi connectivity index (χ0v) is 23.1. The van der Waals surface area contributed by atoms with Crippen molar-refractivity contribution < 1.29 is 23.8 Å². The molecule has 2 amide bonds. The molecule has 3 N–H and O–H groups in total. The molecule has 2 aromatic carbocycles. The first-order valence-corrected chi connectivity index (χ1v) is 13.9. The Bertz CT molecular complexity index is 1360. The SMILES string of the molecule is C[C@@H]1CN(c2cccc(-c3csc(NC(=O)CNC(=O)c4cccc([C@]5(F)C[C@@](C)(O)C5)c4)n3)c2)C[C@H](C)O1. The number of morpholine rings is 1. The van der Waals surface area contributed by atoms with Crippen molar-refractivity contribution in [1.29, 1.82) is 0 Å². The van der Waals surface area contributed by atoms with Crippen LogP contribution in [-0.4, -0.2) is 59.3 Å². The lowest BCUT2D eigenvalue weighted by Crippen LogP contribution is -2.50. The molecule has 1 saturated heterocycles. The molecule has 1 aromatic heterocycles. The summed E-state index contributed by atoms with van der Waals surface area (Å²) in [7, 11) is 0. The van der Waals surface area contributed by atoms with Crippen molar-refractivity contribution in [3.8, 4) is 11.3 Å². The molecule has 1 aliphatic carbocycles. The fourth-order valence-corrected chi connectivity index (χ4v) is 6.18. The van der Waals surface area contributed by atoms with Crippen LogP contribution in [0, 0.1) is 0 Å². The van der Waals surface area contributed by atoms with Crippen LogP contribution < -0.4 is 15.5 Å². The molecule has 2 atom stereocenters. The predicted molar refractivity (Wildman–Crippen MR) is 150 cm³/mol. The van der Waals surface area contributed by atoms with Gasteiger partial charge < -0.3 is 25.4 Å². The molecule has 0 bridgehead atoms. The van der Waals surface area contributed by atoms with Gasteiger partial charge in [-0.1, -0.05) is 24.3 Å². The van der Waals surface area contributed by atoms with Crippen molar-refractivity contribution >= 4 is 34.0 Å². The minimum absolute atomic E-state index is 0.0147. The van der Waals surface area contributed by atoms with Crippen LogP contribution in [0.3, 0.4) is 0 Å². The molecular formula is C29H33FN4O4S. The van der Waals surface area contributed by atoms with Gasteiger partial charge in [0.25, 0.3) is 5.91 Å². The third kappa shape index (κ3) is 6.29. The summed E-state index contributed by atoms with van der Waals surface area (Å²) in [5, 5.41) is 17.6. The van der Waals surface area contributed by atoms with Gasteiger partial charge in [-0.25, -0.2) is 9.37 Å². The number of aromatic nitrogens is 1. The van der Waals surface area contributed by atoms with E-state index in [1.165, 1.54) is 17.4 Å². The van der Waals surface area contributed by atoms with Crippen molar-refractivity contribution in [3.05, 3.63) is 65.0 Å². The quantitative estimate of drug-likeness (QED) is 0.399. The van der Waals surface area contributed by atoms with Crippen LogP contribution in [0.1, 0.15) is 49.5 Å². The molecule has 2 fully saturated rings. The molecule has 0 spiro atoms. The van der Waals surface area contributed by atoms with Crippen LogP contribution in [-0.2, 0) is 15.2 Å². The van der Waals surface area contributed by atoms with Crippen LogP contribution in [0.4, 0.5) is 15.2 Å². The second-order valence-corrected chi connectivity index (χ2v) is 11.7. The maximum atomic E-state index is 15.0. The fourth-order valence-electron chi connectivity index (χ4n) is 5.44. The van der Waals surface area contributed by atoms with Gasteiger partial charge >= 0.3 is 0 Å². The molecule has 2 aliphatic rings. The minimum Gasteiger partial charge on any atom is -0.390 e. The third-order valence-corrected chi connectivity index (χ3v) is 7.81. The average molecular weight is 553 g/mol. The van der Waals surface area contributed by atoms with E-state index in [1.807, 2.05) is 17.5 Å². The van der Waals surface area contributed by atoms with Crippen LogP contribution in [0.15, 0.2) is 53.9 Å². The monoisotopic (exact) mass is 552 g/mol. The number of aliphatic hydroxyl groups is 1. The summed E-state index contributed by atoms with van der Waals surface area (Å²) in [6.45, 7) is 7.12. The fraction of sp³-hybridized carbons (Fsp3) is 0.414. The van der Waals surface area contributed by atoms with E-state index < -0.39 is 23.1 Å². The number of rotatable bonds is 7. The van der Waals surface area contributed by atoms with Crippen LogP contribution in [0.25, 0.3) is 11.3 Å².